The summed E-state index contributed by atoms with van der Waals surface area (Å²) in [4.78, 5) is 17.4. The summed E-state index contributed by atoms with van der Waals surface area (Å²) in [6, 6.07) is 4.01. The molecule has 18 heavy (non-hydrogen) atoms. The van der Waals surface area contributed by atoms with Gasteiger partial charge in [0.25, 0.3) is 5.91 Å². The lowest BCUT2D eigenvalue weighted by Crippen LogP contribution is -2.26. The Balaban J connectivity index is 1.68. The Bertz CT molecular complexity index is 530. The number of nitrogens with one attached hydrogen (secondary N) is 1. The molecule has 1 aliphatic heterocycles. The number of carbonyl (C=O) groups excluding carboxylic acids is 1. The number of rotatable bonds is 3. The van der Waals surface area contributed by atoms with Gasteiger partial charge in [0.05, 0.1) is 10.6 Å². The van der Waals surface area contributed by atoms with Crippen LogP contribution in [0.15, 0.2) is 22.9 Å². The van der Waals surface area contributed by atoms with Crippen molar-refractivity contribution in [3.05, 3.63) is 22.9 Å². The second-order valence-electron chi connectivity index (χ2n) is 4.01. The van der Waals surface area contributed by atoms with E-state index < -0.39 is 0 Å². The van der Waals surface area contributed by atoms with E-state index in [1.807, 2.05) is 22.9 Å². The van der Waals surface area contributed by atoms with Gasteiger partial charge in [-0.2, -0.15) is 0 Å². The number of carbonyl (C=O) groups is 1. The summed E-state index contributed by atoms with van der Waals surface area (Å²) < 4.78 is 5.33. The van der Waals surface area contributed by atoms with Gasteiger partial charge in [-0.1, -0.05) is 6.07 Å². The molecule has 1 N–H and O–H groups in total. The minimum Gasteiger partial charge on any atom is -0.368 e. The highest BCUT2D eigenvalue weighted by molar-refractivity contribution is 7.16. The fourth-order valence-electron chi connectivity index (χ4n) is 1.84. The van der Waals surface area contributed by atoms with Gasteiger partial charge in [-0.3, -0.25) is 10.1 Å². The van der Waals surface area contributed by atoms with Crippen molar-refractivity contribution < 1.29 is 9.53 Å². The smallest absolute Gasteiger partial charge is 0.255 e. The maximum atomic E-state index is 11.8. The van der Waals surface area contributed by atoms with Gasteiger partial charge in [-0.05, 0) is 24.3 Å². The minimum absolute atomic E-state index is 0.0837. The van der Waals surface area contributed by atoms with Crippen molar-refractivity contribution in [2.45, 2.75) is 18.9 Å². The number of hydrogen-bond donors (Lipinski definition) is 1. The fourth-order valence-corrected chi connectivity index (χ4v) is 3.31. The Hall–Kier alpha value is -1.24. The van der Waals surface area contributed by atoms with E-state index in [9.17, 15) is 4.79 Å². The lowest BCUT2D eigenvalue weighted by atomic mass is 10.2. The molecule has 0 spiro atoms. The SMILES string of the molecule is O=C(Nc1nc(-c2cccs2)cs1)C1CCCO1. The van der Waals surface area contributed by atoms with Gasteiger partial charge < -0.3 is 4.74 Å². The van der Waals surface area contributed by atoms with Crippen LogP contribution in [-0.2, 0) is 9.53 Å². The lowest BCUT2D eigenvalue weighted by Gasteiger charge is -2.07. The van der Waals surface area contributed by atoms with Crippen molar-refractivity contribution in [2.75, 3.05) is 11.9 Å². The first-order valence-corrected chi connectivity index (χ1v) is 7.51. The van der Waals surface area contributed by atoms with E-state index >= 15 is 0 Å². The maximum Gasteiger partial charge on any atom is 0.255 e. The van der Waals surface area contributed by atoms with Crippen LogP contribution < -0.4 is 5.32 Å². The molecule has 3 rings (SSSR count). The Morgan fingerprint density at radius 1 is 1.50 bits per heavy atom. The molecule has 1 saturated heterocycles. The number of amides is 1. The van der Waals surface area contributed by atoms with E-state index in [1.54, 1.807) is 11.3 Å². The zero-order valence-electron chi connectivity index (χ0n) is 9.59. The molecule has 0 radical (unpaired) electrons. The lowest BCUT2D eigenvalue weighted by molar-refractivity contribution is -0.124. The van der Waals surface area contributed by atoms with Gasteiger partial charge in [-0.15, -0.1) is 22.7 Å². The normalized spacial score (nSPS) is 19.0. The van der Waals surface area contributed by atoms with Crippen molar-refractivity contribution in [1.82, 2.24) is 4.98 Å². The highest BCUT2D eigenvalue weighted by Gasteiger charge is 2.24. The van der Waals surface area contributed by atoms with Gasteiger partial charge in [0.1, 0.15) is 6.10 Å². The molecule has 0 aromatic carbocycles. The number of aromatic nitrogens is 1. The van der Waals surface area contributed by atoms with E-state index in [1.165, 1.54) is 11.3 Å². The van der Waals surface area contributed by atoms with Gasteiger partial charge in [0, 0.05) is 12.0 Å². The summed E-state index contributed by atoms with van der Waals surface area (Å²) in [5, 5.41) is 7.42. The number of thiazole rings is 1. The molecule has 4 nitrogen and oxygen atoms in total. The van der Waals surface area contributed by atoms with Crippen molar-refractivity contribution >= 4 is 33.7 Å². The second-order valence-corrected chi connectivity index (χ2v) is 5.81. The van der Waals surface area contributed by atoms with Crippen LogP contribution in [0.3, 0.4) is 0 Å². The zero-order chi connectivity index (χ0) is 12.4. The summed E-state index contributed by atoms with van der Waals surface area (Å²) in [5.74, 6) is -0.0837. The molecule has 2 aromatic rings. The zero-order valence-corrected chi connectivity index (χ0v) is 11.2. The molecule has 94 valence electrons. The molecule has 1 fully saturated rings. The van der Waals surface area contributed by atoms with Crippen LogP contribution in [-0.4, -0.2) is 23.6 Å². The fraction of sp³-hybridized carbons (Fsp3) is 0.333. The predicted molar refractivity (Wildman–Crippen MR) is 73.0 cm³/mol. The predicted octanol–water partition coefficient (Wildman–Crippen LogP) is 2.99. The molecule has 0 saturated carbocycles. The van der Waals surface area contributed by atoms with Crippen molar-refractivity contribution in [2.24, 2.45) is 0 Å². The van der Waals surface area contributed by atoms with Crippen LogP contribution in [0.25, 0.3) is 10.6 Å². The Morgan fingerprint density at radius 3 is 3.17 bits per heavy atom. The van der Waals surface area contributed by atoms with Crippen LogP contribution in [0.2, 0.25) is 0 Å². The van der Waals surface area contributed by atoms with Gasteiger partial charge in [-0.25, -0.2) is 4.98 Å². The number of hydrogen-bond acceptors (Lipinski definition) is 5. The largest absolute Gasteiger partial charge is 0.368 e. The van der Waals surface area contributed by atoms with Gasteiger partial charge in [0.15, 0.2) is 5.13 Å². The van der Waals surface area contributed by atoms with Crippen LogP contribution in [0.5, 0.6) is 0 Å². The Kier molecular flexibility index (Phi) is 3.40. The average Bonchev–Trinajstić information content (AvgIpc) is 3.12. The van der Waals surface area contributed by atoms with E-state index in [2.05, 4.69) is 10.3 Å². The van der Waals surface area contributed by atoms with Crippen LogP contribution in [0, 0.1) is 0 Å². The van der Waals surface area contributed by atoms with Crippen LogP contribution in [0.1, 0.15) is 12.8 Å². The summed E-state index contributed by atoms with van der Waals surface area (Å²) in [7, 11) is 0. The average molecular weight is 280 g/mol. The van der Waals surface area contributed by atoms with E-state index in [-0.39, 0.29) is 12.0 Å². The van der Waals surface area contributed by atoms with Crippen LogP contribution >= 0.6 is 22.7 Å². The summed E-state index contributed by atoms with van der Waals surface area (Å²) in [6.45, 7) is 0.677. The molecule has 1 unspecified atom stereocenters. The summed E-state index contributed by atoms with van der Waals surface area (Å²) >= 11 is 3.08. The first-order chi connectivity index (χ1) is 8.83. The molecule has 1 amide bonds. The third kappa shape index (κ3) is 2.45. The first-order valence-electron chi connectivity index (χ1n) is 5.75. The van der Waals surface area contributed by atoms with Crippen LogP contribution in [0.4, 0.5) is 5.13 Å². The highest BCUT2D eigenvalue weighted by atomic mass is 32.1. The molecule has 2 aromatic heterocycles. The molecule has 3 heterocycles. The third-order valence-corrected chi connectivity index (χ3v) is 4.38. The van der Waals surface area contributed by atoms with Gasteiger partial charge in [0.2, 0.25) is 0 Å². The van der Waals surface area contributed by atoms with E-state index in [0.29, 0.717) is 11.7 Å². The van der Waals surface area contributed by atoms with Crippen molar-refractivity contribution in [3.63, 3.8) is 0 Å². The molecule has 0 aliphatic carbocycles. The number of nitrogens with zero attached hydrogens (tertiary/aromatic N) is 1. The van der Waals surface area contributed by atoms with Crippen molar-refractivity contribution in [3.8, 4) is 10.6 Å². The summed E-state index contributed by atoms with van der Waals surface area (Å²) in [5.41, 5.74) is 0.914. The molecule has 1 aliphatic rings. The monoisotopic (exact) mass is 280 g/mol. The standard InChI is InChI=1S/C12H12N2O2S2/c15-11(9-3-1-5-16-9)14-12-13-8(7-18-12)10-4-2-6-17-10/h2,4,6-7,9H,1,3,5H2,(H,13,14,15). The maximum absolute atomic E-state index is 11.8. The topological polar surface area (TPSA) is 51.2 Å². The first kappa shape index (κ1) is 11.8. The van der Waals surface area contributed by atoms with Crippen molar-refractivity contribution in [1.29, 1.82) is 0 Å². The highest BCUT2D eigenvalue weighted by Crippen LogP contribution is 2.28. The minimum atomic E-state index is -0.306. The number of anilines is 1. The number of thiophene rings is 1. The van der Waals surface area contributed by atoms with Gasteiger partial charge >= 0.3 is 0 Å². The third-order valence-electron chi connectivity index (χ3n) is 2.73. The van der Waals surface area contributed by atoms with E-state index in [0.717, 1.165) is 23.4 Å². The second kappa shape index (κ2) is 5.17. The summed E-state index contributed by atoms with van der Waals surface area (Å²) in [6.07, 6.45) is 1.45. The molecule has 1 atom stereocenters. The van der Waals surface area contributed by atoms with E-state index in [4.69, 9.17) is 4.74 Å². The molecule has 6 heteroatoms. The Morgan fingerprint density at radius 2 is 2.44 bits per heavy atom. The number of ether oxygens (including phenoxy) is 1. The molecular weight excluding hydrogens is 268 g/mol. The molecular formula is C12H12N2O2S2. The molecule has 0 bridgehead atoms. The quantitative estimate of drug-likeness (QED) is 0.940. The Labute approximate surface area is 113 Å².